The van der Waals surface area contributed by atoms with Crippen LogP contribution in [0.15, 0.2) is 28.8 Å². The van der Waals surface area contributed by atoms with Gasteiger partial charge in [-0.2, -0.15) is 18.2 Å². The van der Waals surface area contributed by atoms with E-state index in [9.17, 15) is 18.0 Å². The van der Waals surface area contributed by atoms with E-state index in [1.54, 1.807) is 41.1 Å². The summed E-state index contributed by atoms with van der Waals surface area (Å²) in [5, 5.41) is 3.36. The minimum atomic E-state index is -4.67. The molecule has 1 heterocycles. The van der Waals surface area contributed by atoms with Gasteiger partial charge in [-0.25, -0.2) is 4.79 Å². The molecule has 1 aliphatic rings. The van der Waals surface area contributed by atoms with E-state index in [1.165, 1.54) is 0 Å². The van der Waals surface area contributed by atoms with E-state index in [0.717, 1.165) is 18.4 Å². The van der Waals surface area contributed by atoms with Crippen molar-refractivity contribution in [3.8, 4) is 11.4 Å². The van der Waals surface area contributed by atoms with Gasteiger partial charge in [-0.1, -0.05) is 29.4 Å². The molecule has 0 saturated heterocycles. The number of amides is 2. The van der Waals surface area contributed by atoms with Crippen LogP contribution in [0.2, 0.25) is 0 Å². The molecule has 0 bridgehead atoms. The van der Waals surface area contributed by atoms with Crippen LogP contribution in [0.4, 0.5) is 18.0 Å². The first kappa shape index (κ1) is 18.2. The monoisotopic (exact) mass is 368 g/mol. The molecule has 140 valence electrons. The van der Waals surface area contributed by atoms with E-state index < -0.39 is 12.1 Å². The second-order valence-electron chi connectivity index (χ2n) is 6.26. The number of hydrogen-bond acceptors (Lipinski definition) is 4. The highest BCUT2D eigenvalue weighted by molar-refractivity contribution is 5.74. The van der Waals surface area contributed by atoms with Crippen LogP contribution >= 0.6 is 0 Å². The lowest BCUT2D eigenvalue weighted by Crippen LogP contribution is -2.41. The van der Waals surface area contributed by atoms with Gasteiger partial charge in [0, 0.05) is 31.7 Å². The van der Waals surface area contributed by atoms with Crippen molar-refractivity contribution in [2.75, 3.05) is 13.6 Å². The SMILES string of the molecule is CCN(Cc1ccc(-c2noc(C(F)(F)F)n2)cc1)C(=O)N(C)C1CC1. The zero-order valence-electron chi connectivity index (χ0n) is 14.5. The Kier molecular flexibility index (Phi) is 4.88. The van der Waals surface area contributed by atoms with Crippen LogP contribution in [0, 0.1) is 0 Å². The Hall–Kier alpha value is -2.58. The third-order valence-electron chi connectivity index (χ3n) is 4.30. The molecular weight excluding hydrogens is 349 g/mol. The molecule has 1 saturated carbocycles. The molecule has 3 rings (SSSR count). The fourth-order valence-corrected chi connectivity index (χ4v) is 2.59. The third-order valence-corrected chi connectivity index (χ3v) is 4.30. The minimum Gasteiger partial charge on any atom is -0.329 e. The molecule has 2 amide bonds. The Bertz CT molecular complexity index is 769. The van der Waals surface area contributed by atoms with E-state index >= 15 is 0 Å². The molecule has 6 nitrogen and oxygen atoms in total. The van der Waals surface area contributed by atoms with Crippen molar-refractivity contribution < 1.29 is 22.5 Å². The van der Waals surface area contributed by atoms with Gasteiger partial charge in [0.25, 0.3) is 0 Å². The van der Waals surface area contributed by atoms with Crippen LogP contribution in [0.1, 0.15) is 31.2 Å². The lowest BCUT2D eigenvalue weighted by atomic mass is 10.1. The molecule has 0 unspecified atom stereocenters. The predicted octanol–water partition coefficient (Wildman–Crippen LogP) is 3.79. The highest BCUT2D eigenvalue weighted by Gasteiger charge is 2.38. The summed E-state index contributed by atoms with van der Waals surface area (Å²) in [6.45, 7) is 2.90. The number of benzene rings is 1. The van der Waals surface area contributed by atoms with Gasteiger partial charge >= 0.3 is 18.1 Å². The van der Waals surface area contributed by atoms with Crippen molar-refractivity contribution in [2.45, 2.75) is 38.5 Å². The zero-order chi connectivity index (χ0) is 18.9. The van der Waals surface area contributed by atoms with Gasteiger partial charge < -0.3 is 14.3 Å². The Morgan fingerprint density at radius 1 is 1.27 bits per heavy atom. The van der Waals surface area contributed by atoms with Crippen LogP contribution in [-0.4, -0.2) is 45.6 Å². The fourth-order valence-electron chi connectivity index (χ4n) is 2.59. The number of aromatic nitrogens is 2. The first-order valence-electron chi connectivity index (χ1n) is 8.31. The lowest BCUT2D eigenvalue weighted by molar-refractivity contribution is -0.159. The van der Waals surface area contributed by atoms with Crippen molar-refractivity contribution in [1.82, 2.24) is 19.9 Å². The van der Waals surface area contributed by atoms with Crippen molar-refractivity contribution in [3.05, 3.63) is 35.7 Å². The van der Waals surface area contributed by atoms with Gasteiger partial charge in [0.2, 0.25) is 5.82 Å². The summed E-state index contributed by atoms with van der Waals surface area (Å²) in [5.41, 5.74) is 1.28. The van der Waals surface area contributed by atoms with Crippen LogP contribution in [0.5, 0.6) is 0 Å². The second-order valence-corrected chi connectivity index (χ2v) is 6.26. The molecule has 26 heavy (non-hydrogen) atoms. The van der Waals surface area contributed by atoms with E-state index in [2.05, 4.69) is 14.7 Å². The predicted molar refractivity (Wildman–Crippen MR) is 87.0 cm³/mol. The Labute approximate surface area is 148 Å². The fraction of sp³-hybridized carbons (Fsp3) is 0.471. The van der Waals surface area contributed by atoms with Gasteiger partial charge in [0.15, 0.2) is 0 Å². The molecule has 0 spiro atoms. The topological polar surface area (TPSA) is 62.5 Å². The Morgan fingerprint density at radius 3 is 2.42 bits per heavy atom. The lowest BCUT2D eigenvalue weighted by Gasteiger charge is -2.27. The smallest absolute Gasteiger partial charge is 0.329 e. The highest BCUT2D eigenvalue weighted by atomic mass is 19.4. The quantitative estimate of drug-likeness (QED) is 0.806. The molecule has 0 atom stereocenters. The summed E-state index contributed by atoms with van der Waals surface area (Å²) in [6.07, 6.45) is -2.58. The second kappa shape index (κ2) is 6.97. The third kappa shape index (κ3) is 3.97. The Morgan fingerprint density at radius 2 is 1.92 bits per heavy atom. The van der Waals surface area contributed by atoms with Gasteiger partial charge in [0.05, 0.1) is 0 Å². The summed E-state index contributed by atoms with van der Waals surface area (Å²) in [6, 6.07) is 7.02. The number of carbonyl (C=O) groups excluding carboxylic acids is 1. The van der Waals surface area contributed by atoms with Crippen LogP contribution in [0.3, 0.4) is 0 Å². The maximum absolute atomic E-state index is 12.5. The Balaban J connectivity index is 1.68. The highest BCUT2D eigenvalue weighted by Crippen LogP contribution is 2.29. The average molecular weight is 368 g/mol. The standard InChI is InChI=1S/C17H19F3N4O2/c1-3-24(16(25)23(2)13-8-9-13)10-11-4-6-12(7-5-11)14-21-15(26-22-14)17(18,19)20/h4-7,13H,3,8-10H2,1-2H3. The number of alkyl halides is 3. The van der Waals surface area contributed by atoms with E-state index in [4.69, 9.17) is 0 Å². The summed E-state index contributed by atoms with van der Waals surface area (Å²) in [4.78, 5) is 19.3. The normalized spacial score (nSPS) is 14.3. The average Bonchev–Trinajstić information content (AvgIpc) is 3.33. The molecule has 9 heteroatoms. The first-order valence-corrected chi connectivity index (χ1v) is 8.31. The van der Waals surface area contributed by atoms with Crippen LogP contribution in [0.25, 0.3) is 11.4 Å². The van der Waals surface area contributed by atoms with Crippen LogP contribution < -0.4 is 0 Å². The summed E-state index contributed by atoms with van der Waals surface area (Å²) in [7, 11) is 1.81. The van der Waals surface area contributed by atoms with Crippen molar-refractivity contribution in [3.63, 3.8) is 0 Å². The largest absolute Gasteiger partial charge is 0.471 e. The van der Waals surface area contributed by atoms with E-state index in [0.29, 0.717) is 24.7 Å². The minimum absolute atomic E-state index is 0.0212. The number of urea groups is 1. The molecule has 2 aromatic rings. The number of hydrogen-bond donors (Lipinski definition) is 0. The number of halogens is 3. The van der Waals surface area contributed by atoms with Crippen molar-refractivity contribution >= 4 is 6.03 Å². The molecule has 0 aliphatic heterocycles. The number of nitrogens with zero attached hydrogens (tertiary/aromatic N) is 4. The molecule has 1 aliphatic carbocycles. The molecular formula is C17H19F3N4O2. The maximum Gasteiger partial charge on any atom is 0.471 e. The zero-order valence-corrected chi connectivity index (χ0v) is 14.5. The molecule has 0 radical (unpaired) electrons. The van der Waals surface area contributed by atoms with E-state index in [1.807, 2.05) is 6.92 Å². The molecule has 1 fully saturated rings. The molecule has 1 aromatic carbocycles. The summed E-state index contributed by atoms with van der Waals surface area (Å²) >= 11 is 0. The maximum atomic E-state index is 12.5. The van der Waals surface area contributed by atoms with Gasteiger partial charge in [0.1, 0.15) is 0 Å². The summed E-state index contributed by atoms with van der Waals surface area (Å²) in [5.74, 6) is -1.50. The number of rotatable bonds is 5. The van der Waals surface area contributed by atoms with Gasteiger partial charge in [-0.3, -0.25) is 0 Å². The van der Waals surface area contributed by atoms with Crippen LogP contribution in [-0.2, 0) is 12.7 Å². The molecule has 0 N–H and O–H groups in total. The molecule has 1 aromatic heterocycles. The summed E-state index contributed by atoms with van der Waals surface area (Å²) < 4.78 is 41.8. The van der Waals surface area contributed by atoms with Gasteiger partial charge in [-0.05, 0) is 25.3 Å². The number of carbonyl (C=O) groups is 1. The first-order chi connectivity index (χ1) is 12.3. The van der Waals surface area contributed by atoms with Crippen molar-refractivity contribution in [2.24, 2.45) is 0 Å². The van der Waals surface area contributed by atoms with Gasteiger partial charge in [-0.15, -0.1) is 0 Å². The van der Waals surface area contributed by atoms with Crippen molar-refractivity contribution in [1.29, 1.82) is 0 Å². The van der Waals surface area contributed by atoms with E-state index in [-0.39, 0.29) is 11.9 Å².